The van der Waals surface area contributed by atoms with Crippen molar-refractivity contribution >= 4 is 12.2 Å². The van der Waals surface area contributed by atoms with E-state index in [9.17, 15) is 4.79 Å². The molecule has 4 rings (SSSR count). The molecule has 0 spiro atoms. The standard InChI is InChI=1S/C23H19N5O/c29-16-27-21-9-1-8-20(28-21)23(19-7-4-12-26-15-19)22(17-5-2-10-24-13-17)18-6-3-11-25-14-18/h1-16,22-23H,(H,27,28,29). The van der Waals surface area contributed by atoms with E-state index in [-0.39, 0.29) is 11.8 Å². The maximum Gasteiger partial charge on any atom is 0.212 e. The highest BCUT2D eigenvalue weighted by Crippen LogP contribution is 2.41. The first kappa shape index (κ1) is 18.4. The number of carbonyl (C=O) groups is 1. The van der Waals surface area contributed by atoms with Gasteiger partial charge < -0.3 is 5.32 Å². The van der Waals surface area contributed by atoms with Crippen LogP contribution in [0, 0.1) is 0 Å². The molecule has 1 unspecified atom stereocenters. The molecule has 6 heteroatoms. The van der Waals surface area contributed by atoms with Gasteiger partial charge in [0, 0.05) is 49.0 Å². The van der Waals surface area contributed by atoms with Gasteiger partial charge in [-0.3, -0.25) is 19.7 Å². The Morgan fingerprint density at radius 1 is 0.690 bits per heavy atom. The van der Waals surface area contributed by atoms with Crippen molar-refractivity contribution in [2.24, 2.45) is 0 Å². The number of nitrogens with zero attached hydrogens (tertiary/aromatic N) is 4. The van der Waals surface area contributed by atoms with E-state index in [4.69, 9.17) is 4.98 Å². The summed E-state index contributed by atoms with van der Waals surface area (Å²) in [7, 11) is 0. The fourth-order valence-electron chi connectivity index (χ4n) is 3.56. The Morgan fingerprint density at radius 2 is 1.24 bits per heavy atom. The maximum absolute atomic E-state index is 10.9. The van der Waals surface area contributed by atoms with Crippen molar-refractivity contribution in [3.05, 3.63) is 114 Å². The van der Waals surface area contributed by atoms with Gasteiger partial charge in [-0.25, -0.2) is 4.98 Å². The van der Waals surface area contributed by atoms with Crippen LogP contribution in [0.25, 0.3) is 0 Å². The zero-order valence-corrected chi connectivity index (χ0v) is 15.6. The lowest BCUT2D eigenvalue weighted by Gasteiger charge is -2.28. The van der Waals surface area contributed by atoms with Crippen LogP contribution in [0.4, 0.5) is 5.82 Å². The minimum absolute atomic E-state index is 0.0828. The zero-order chi connectivity index (χ0) is 19.9. The molecule has 0 saturated heterocycles. The molecule has 6 nitrogen and oxygen atoms in total. The Morgan fingerprint density at radius 3 is 1.72 bits per heavy atom. The first-order valence-corrected chi connectivity index (χ1v) is 9.23. The number of pyridine rings is 4. The van der Waals surface area contributed by atoms with Crippen LogP contribution in [0.5, 0.6) is 0 Å². The maximum atomic E-state index is 10.9. The Bertz CT molecular complexity index is 1020. The molecule has 0 aliphatic heterocycles. The molecule has 4 heterocycles. The molecule has 29 heavy (non-hydrogen) atoms. The number of carbonyl (C=O) groups excluding carboxylic acids is 1. The second-order valence-corrected chi connectivity index (χ2v) is 6.52. The number of rotatable bonds is 7. The summed E-state index contributed by atoms with van der Waals surface area (Å²) in [4.78, 5) is 28.6. The molecule has 0 aliphatic rings. The van der Waals surface area contributed by atoms with Crippen LogP contribution in [0.3, 0.4) is 0 Å². The van der Waals surface area contributed by atoms with E-state index in [1.807, 2.05) is 55.0 Å². The van der Waals surface area contributed by atoms with Crippen molar-refractivity contribution < 1.29 is 4.79 Å². The molecular weight excluding hydrogens is 362 g/mol. The van der Waals surface area contributed by atoms with Crippen LogP contribution >= 0.6 is 0 Å². The summed E-state index contributed by atoms with van der Waals surface area (Å²) in [6.45, 7) is 0. The van der Waals surface area contributed by atoms with Gasteiger partial charge >= 0.3 is 0 Å². The molecule has 1 N–H and O–H groups in total. The monoisotopic (exact) mass is 381 g/mol. The third kappa shape index (κ3) is 4.16. The average Bonchev–Trinajstić information content (AvgIpc) is 2.79. The summed E-state index contributed by atoms with van der Waals surface area (Å²) < 4.78 is 0. The van der Waals surface area contributed by atoms with E-state index < -0.39 is 0 Å². The van der Waals surface area contributed by atoms with Gasteiger partial charge in [0.15, 0.2) is 0 Å². The Kier molecular flexibility index (Phi) is 5.62. The Labute approximate surface area is 168 Å². The number of aromatic nitrogens is 4. The lowest BCUT2D eigenvalue weighted by Crippen LogP contribution is -2.17. The van der Waals surface area contributed by atoms with Gasteiger partial charge in [-0.2, -0.15) is 0 Å². The lowest BCUT2D eigenvalue weighted by molar-refractivity contribution is -0.105. The quantitative estimate of drug-likeness (QED) is 0.493. The van der Waals surface area contributed by atoms with Crippen LogP contribution < -0.4 is 5.32 Å². The van der Waals surface area contributed by atoms with E-state index in [0.717, 1.165) is 22.4 Å². The molecule has 4 aromatic heterocycles. The largest absolute Gasteiger partial charge is 0.313 e. The molecule has 0 saturated carbocycles. The molecule has 0 aromatic carbocycles. The van der Waals surface area contributed by atoms with Crippen LogP contribution in [0.15, 0.2) is 91.8 Å². The van der Waals surface area contributed by atoms with Gasteiger partial charge in [0.25, 0.3) is 0 Å². The number of anilines is 1. The van der Waals surface area contributed by atoms with Gasteiger partial charge in [-0.05, 0) is 47.0 Å². The SMILES string of the molecule is O=CNc1cccc(C(c2cccnc2)C(c2cccnc2)c2cccnc2)n1. The predicted molar refractivity (Wildman–Crippen MR) is 110 cm³/mol. The van der Waals surface area contributed by atoms with Crippen LogP contribution in [-0.4, -0.2) is 26.3 Å². The van der Waals surface area contributed by atoms with E-state index in [1.54, 1.807) is 24.7 Å². The molecule has 1 amide bonds. The molecule has 0 aliphatic carbocycles. The van der Waals surface area contributed by atoms with Crippen LogP contribution in [-0.2, 0) is 4.79 Å². The van der Waals surface area contributed by atoms with E-state index >= 15 is 0 Å². The summed E-state index contributed by atoms with van der Waals surface area (Å²) in [6.07, 6.45) is 11.5. The number of amides is 1. The summed E-state index contributed by atoms with van der Waals surface area (Å²) in [5, 5.41) is 2.64. The van der Waals surface area contributed by atoms with Crippen molar-refractivity contribution in [1.29, 1.82) is 0 Å². The van der Waals surface area contributed by atoms with Gasteiger partial charge in [0.1, 0.15) is 5.82 Å². The second kappa shape index (κ2) is 8.84. The molecule has 0 radical (unpaired) electrons. The van der Waals surface area contributed by atoms with Crippen molar-refractivity contribution in [1.82, 2.24) is 19.9 Å². The molecule has 4 aromatic rings. The molecule has 142 valence electrons. The summed E-state index contributed by atoms with van der Waals surface area (Å²) in [5.74, 6) is 0.272. The van der Waals surface area contributed by atoms with E-state index in [0.29, 0.717) is 12.2 Å². The van der Waals surface area contributed by atoms with Crippen molar-refractivity contribution in [2.75, 3.05) is 5.32 Å². The lowest BCUT2D eigenvalue weighted by atomic mass is 9.76. The Hall–Kier alpha value is -3.93. The van der Waals surface area contributed by atoms with Crippen LogP contribution in [0.1, 0.15) is 34.2 Å². The van der Waals surface area contributed by atoms with Gasteiger partial charge in [-0.15, -0.1) is 0 Å². The highest BCUT2D eigenvalue weighted by molar-refractivity contribution is 5.68. The van der Waals surface area contributed by atoms with Gasteiger partial charge in [0.05, 0.1) is 5.69 Å². The van der Waals surface area contributed by atoms with Crippen molar-refractivity contribution in [2.45, 2.75) is 11.8 Å². The minimum atomic E-state index is -0.148. The predicted octanol–water partition coefficient (Wildman–Crippen LogP) is 3.80. The van der Waals surface area contributed by atoms with Crippen molar-refractivity contribution in [3.63, 3.8) is 0 Å². The van der Waals surface area contributed by atoms with Crippen LogP contribution in [0.2, 0.25) is 0 Å². The number of hydrogen-bond acceptors (Lipinski definition) is 5. The third-order valence-corrected chi connectivity index (χ3v) is 4.76. The third-order valence-electron chi connectivity index (χ3n) is 4.76. The summed E-state index contributed by atoms with van der Waals surface area (Å²) in [6, 6.07) is 17.5. The molecule has 0 bridgehead atoms. The molecule has 1 atom stereocenters. The first-order valence-electron chi connectivity index (χ1n) is 9.23. The van der Waals surface area contributed by atoms with Crippen molar-refractivity contribution in [3.8, 4) is 0 Å². The summed E-state index contributed by atoms with van der Waals surface area (Å²) >= 11 is 0. The average molecular weight is 381 g/mol. The fraction of sp³-hybridized carbons (Fsp3) is 0.0870. The topological polar surface area (TPSA) is 80.7 Å². The number of nitrogens with one attached hydrogen (secondary N) is 1. The minimum Gasteiger partial charge on any atom is -0.313 e. The highest BCUT2D eigenvalue weighted by Gasteiger charge is 2.30. The number of hydrogen-bond donors (Lipinski definition) is 1. The normalized spacial score (nSPS) is 11.8. The summed E-state index contributed by atoms with van der Waals surface area (Å²) in [5.41, 5.74) is 3.93. The first-order chi connectivity index (χ1) is 14.4. The Balaban J connectivity index is 1.92. The van der Waals surface area contributed by atoms with E-state index in [1.165, 1.54) is 0 Å². The highest BCUT2D eigenvalue weighted by atomic mass is 16.1. The molecular formula is C23H19N5O. The second-order valence-electron chi connectivity index (χ2n) is 6.52. The molecule has 0 fully saturated rings. The zero-order valence-electron chi connectivity index (χ0n) is 15.6. The smallest absolute Gasteiger partial charge is 0.212 e. The van der Waals surface area contributed by atoms with E-state index in [2.05, 4.69) is 32.4 Å². The fourth-order valence-corrected chi connectivity index (χ4v) is 3.56. The van der Waals surface area contributed by atoms with Gasteiger partial charge in [-0.1, -0.05) is 24.3 Å². The van der Waals surface area contributed by atoms with Gasteiger partial charge in [0.2, 0.25) is 6.41 Å².